The maximum atomic E-state index is 11.8. The molecule has 10 heteroatoms. The molecule has 0 bridgehead atoms. The van der Waals surface area contributed by atoms with E-state index in [9.17, 15) is 13.2 Å². The lowest BCUT2D eigenvalue weighted by Crippen LogP contribution is -2.46. The number of hydrogen-bond acceptors (Lipinski definition) is 4. The summed E-state index contributed by atoms with van der Waals surface area (Å²) in [5, 5.41) is 2.43. The Labute approximate surface area is 157 Å². The standard InChI is InChI=1S/C13H12BrCl3N2O3S/c14-9-3-1-8(2-4-9)5-18-10-6-23(21,22)7-11(10)19-12(20)13(15,16)17/h1-5,10-11H,6-7H2,(H,19,20)/t10-,11+/m0/s1. The minimum atomic E-state index is -3.31. The Balaban J connectivity index is 2.14. The molecule has 1 N–H and O–H groups in total. The second-order valence-electron chi connectivity index (χ2n) is 5.05. The van der Waals surface area contributed by atoms with Gasteiger partial charge < -0.3 is 5.32 Å². The predicted molar refractivity (Wildman–Crippen MR) is 96.4 cm³/mol. The van der Waals surface area contributed by atoms with Crippen LogP contribution in [-0.4, -0.2) is 47.9 Å². The molecule has 2 rings (SSSR count). The maximum absolute atomic E-state index is 11.8. The Kier molecular flexibility index (Phi) is 6.00. The largest absolute Gasteiger partial charge is 0.346 e. The fourth-order valence-corrected chi connectivity index (χ4v) is 4.35. The van der Waals surface area contributed by atoms with E-state index in [1.807, 2.05) is 24.3 Å². The number of carbonyl (C=O) groups is 1. The molecule has 126 valence electrons. The lowest BCUT2D eigenvalue weighted by Gasteiger charge is -2.19. The van der Waals surface area contributed by atoms with E-state index < -0.39 is 31.6 Å². The van der Waals surface area contributed by atoms with E-state index in [0.29, 0.717) is 0 Å². The molecule has 23 heavy (non-hydrogen) atoms. The van der Waals surface area contributed by atoms with Gasteiger partial charge >= 0.3 is 0 Å². The summed E-state index contributed by atoms with van der Waals surface area (Å²) < 4.78 is 22.4. The van der Waals surface area contributed by atoms with Gasteiger partial charge in [-0.3, -0.25) is 9.79 Å². The zero-order chi connectivity index (χ0) is 17.3. The number of rotatable bonds is 3. The number of amides is 1. The van der Waals surface area contributed by atoms with E-state index in [0.717, 1.165) is 10.0 Å². The van der Waals surface area contributed by atoms with Crippen molar-refractivity contribution < 1.29 is 13.2 Å². The highest BCUT2D eigenvalue weighted by molar-refractivity contribution is 9.10. The van der Waals surface area contributed by atoms with E-state index in [4.69, 9.17) is 34.8 Å². The molecule has 1 aliphatic rings. The van der Waals surface area contributed by atoms with Gasteiger partial charge in [-0.15, -0.1) is 0 Å². The molecule has 0 saturated carbocycles. The second-order valence-corrected chi connectivity index (χ2v) is 10.4. The van der Waals surface area contributed by atoms with E-state index in [-0.39, 0.29) is 11.5 Å². The highest BCUT2D eigenvalue weighted by atomic mass is 79.9. The smallest absolute Gasteiger partial charge is 0.272 e. The van der Waals surface area contributed by atoms with Crippen molar-refractivity contribution in [3.63, 3.8) is 0 Å². The fraction of sp³-hybridized carbons (Fsp3) is 0.385. The van der Waals surface area contributed by atoms with Gasteiger partial charge in [0, 0.05) is 10.7 Å². The zero-order valence-corrected chi connectivity index (χ0v) is 16.2. The van der Waals surface area contributed by atoms with Crippen LogP contribution in [-0.2, 0) is 14.6 Å². The Morgan fingerprint density at radius 2 is 1.87 bits per heavy atom. The van der Waals surface area contributed by atoms with Crippen molar-refractivity contribution in [2.75, 3.05) is 11.5 Å². The third-order valence-corrected chi connectivity index (χ3v) is 5.94. The van der Waals surface area contributed by atoms with Gasteiger partial charge in [0.15, 0.2) is 9.84 Å². The summed E-state index contributed by atoms with van der Waals surface area (Å²) in [6.45, 7) is 0. The average molecular weight is 463 g/mol. The summed E-state index contributed by atoms with van der Waals surface area (Å²) in [5.41, 5.74) is 0.809. The van der Waals surface area contributed by atoms with E-state index in [2.05, 4.69) is 26.2 Å². The van der Waals surface area contributed by atoms with Crippen LogP contribution in [0.25, 0.3) is 0 Å². The van der Waals surface area contributed by atoms with E-state index in [1.54, 1.807) is 6.21 Å². The number of benzene rings is 1. The van der Waals surface area contributed by atoms with Crippen molar-refractivity contribution in [3.05, 3.63) is 34.3 Å². The van der Waals surface area contributed by atoms with Crippen molar-refractivity contribution in [3.8, 4) is 0 Å². The van der Waals surface area contributed by atoms with Crippen molar-refractivity contribution in [2.24, 2.45) is 4.99 Å². The first-order valence-electron chi connectivity index (χ1n) is 6.44. The number of nitrogens with zero attached hydrogens (tertiary/aromatic N) is 1. The molecule has 0 spiro atoms. The number of carbonyl (C=O) groups excluding carboxylic acids is 1. The summed E-state index contributed by atoms with van der Waals surface area (Å²) in [6.07, 6.45) is 1.56. The first kappa shape index (κ1) is 19.0. The molecule has 0 unspecified atom stereocenters. The lowest BCUT2D eigenvalue weighted by molar-refractivity contribution is -0.120. The summed E-state index contributed by atoms with van der Waals surface area (Å²) >= 11 is 19.8. The molecule has 1 aliphatic heterocycles. The lowest BCUT2D eigenvalue weighted by atomic mass is 10.1. The molecular formula is C13H12BrCl3N2O3S. The Morgan fingerprint density at radius 1 is 1.26 bits per heavy atom. The number of halogens is 4. The molecule has 1 aromatic rings. The molecule has 0 aromatic heterocycles. The van der Waals surface area contributed by atoms with Crippen LogP contribution in [0.2, 0.25) is 0 Å². The quantitative estimate of drug-likeness (QED) is 0.554. The summed E-state index contributed by atoms with van der Waals surface area (Å²) in [4.78, 5) is 16.0. The zero-order valence-electron chi connectivity index (χ0n) is 11.5. The summed E-state index contributed by atoms with van der Waals surface area (Å²) in [5.74, 6) is -1.26. The van der Waals surface area contributed by atoms with Gasteiger partial charge in [0.1, 0.15) is 0 Å². The Bertz CT molecular complexity index is 717. The van der Waals surface area contributed by atoms with Gasteiger partial charge in [0.2, 0.25) is 0 Å². The Hall–Kier alpha value is -0.340. The normalized spacial score (nSPS) is 24.0. The van der Waals surface area contributed by atoms with Crippen molar-refractivity contribution in [2.45, 2.75) is 15.9 Å². The first-order valence-corrected chi connectivity index (χ1v) is 10.2. The van der Waals surface area contributed by atoms with Crippen LogP contribution in [0.15, 0.2) is 33.7 Å². The molecule has 1 saturated heterocycles. The summed E-state index contributed by atoms with van der Waals surface area (Å²) in [7, 11) is -3.31. The highest BCUT2D eigenvalue weighted by Gasteiger charge is 2.41. The van der Waals surface area contributed by atoms with Crippen LogP contribution >= 0.6 is 50.7 Å². The molecular weight excluding hydrogens is 450 g/mol. The topological polar surface area (TPSA) is 75.6 Å². The number of hydrogen-bond donors (Lipinski definition) is 1. The minimum Gasteiger partial charge on any atom is -0.346 e. The van der Waals surface area contributed by atoms with Gasteiger partial charge in [0.25, 0.3) is 9.70 Å². The van der Waals surface area contributed by atoms with Crippen LogP contribution in [0.3, 0.4) is 0 Å². The SMILES string of the molecule is O=C(N[C@@H]1CS(=O)(=O)C[C@@H]1N=Cc1ccc(Br)cc1)C(Cl)(Cl)Cl. The maximum Gasteiger partial charge on any atom is 0.272 e. The summed E-state index contributed by atoms with van der Waals surface area (Å²) in [6, 6.07) is 5.98. The molecule has 5 nitrogen and oxygen atoms in total. The van der Waals surface area contributed by atoms with Gasteiger partial charge in [-0.1, -0.05) is 62.9 Å². The number of aliphatic imine (C=N–C) groups is 1. The fourth-order valence-electron chi connectivity index (χ4n) is 2.09. The molecule has 1 amide bonds. The molecule has 1 fully saturated rings. The second kappa shape index (κ2) is 7.27. The third kappa shape index (κ3) is 5.60. The minimum absolute atomic E-state index is 0.162. The van der Waals surface area contributed by atoms with Gasteiger partial charge in [-0.25, -0.2) is 8.42 Å². The average Bonchev–Trinajstić information content (AvgIpc) is 2.71. The molecule has 0 aliphatic carbocycles. The predicted octanol–water partition coefficient (Wildman–Crippen LogP) is 2.52. The van der Waals surface area contributed by atoms with Crippen LogP contribution in [0.4, 0.5) is 0 Å². The van der Waals surface area contributed by atoms with Gasteiger partial charge in [-0.05, 0) is 17.7 Å². The molecule has 1 heterocycles. The third-order valence-electron chi connectivity index (χ3n) is 3.18. The van der Waals surface area contributed by atoms with Crippen LogP contribution in [0.5, 0.6) is 0 Å². The van der Waals surface area contributed by atoms with Crippen LogP contribution < -0.4 is 5.32 Å². The van der Waals surface area contributed by atoms with Gasteiger partial charge in [-0.2, -0.15) is 0 Å². The van der Waals surface area contributed by atoms with Crippen LogP contribution in [0, 0.1) is 0 Å². The van der Waals surface area contributed by atoms with Crippen molar-refractivity contribution >= 4 is 72.7 Å². The van der Waals surface area contributed by atoms with Crippen molar-refractivity contribution in [1.82, 2.24) is 5.32 Å². The number of alkyl halides is 3. The molecule has 1 aromatic carbocycles. The first-order chi connectivity index (χ1) is 10.6. The number of sulfone groups is 1. The van der Waals surface area contributed by atoms with Crippen molar-refractivity contribution in [1.29, 1.82) is 0 Å². The monoisotopic (exact) mass is 460 g/mol. The highest BCUT2D eigenvalue weighted by Crippen LogP contribution is 2.27. The number of nitrogens with one attached hydrogen (secondary N) is 1. The van der Waals surface area contributed by atoms with Crippen LogP contribution in [0.1, 0.15) is 5.56 Å². The van der Waals surface area contributed by atoms with Gasteiger partial charge in [0.05, 0.1) is 23.6 Å². The van der Waals surface area contributed by atoms with E-state index >= 15 is 0 Å². The molecule has 0 radical (unpaired) electrons. The molecule has 2 atom stereocenters. The Morgan fingerprint density at radius 3 is 2.43 bits per heavy atom. The van der Waals surface area contributed by atoms with E-state index in [1.165, 1.54) is 0 Å².